The summed E-state index contributed by atoms with van der Waals surface area (Å²) in [4.78, 5) is 25.9. The summed E-state index contributed by atoms with van der Waals surface area (Å²) in [5, 5.41) is 8.66. The van der Waals surface area contributed by atoms with E-state index in [9.17, 15) is 4.79 Å². The zero-order chi connectivity index (χ0) is 13.8. The Labute approximate surface area is 112 Å². The number of amides is 1. The van der Waals surface area contributed by atoms with Crippen LogP contribution in [-0.4, -0.2) is 54.6 Å². The van der Waals surface area contributed by atoms with Crippen LogP contribution >= 0.6 is 0 Å². The van der Waals surface area contributed by atoms with Crippen molar-refractivity contribution in [3.05, 3.63) is 0 Å². The van der Waals surface area contributed by atoms with E-state index in [0.717, 1.165) is 12.8 Å². The van der Waals surface area contributed by atoms with Gasteiger partial charge >= 0.3 is 0 Å². The van der Waals surface area contributed by atoms with Crippen molar-refractivity contribution in [3.63, 3.8) is 0 Å². The number of rotatable bonds is 6. The molecule has 1 aromatic heterocycles. The van der Waals surface area contributed by atoms with Crippen molar-refractivity contribution in [1.29, 1.82) is 0 Å². The van der Waals surface area contributed by atoms with Crippen LogP contribution in [0.4, 0.5) is 17.8 Å². The highest BCUT2D eigenvalue weighted by Gasteiger charge is 2.23. The van der Waals surface area contributed by atoms with Crippen molar-refractivity contribution in [1.82, 2.24) is 20.3 Å². The summed E-state index contributed by atoms with van der Waals surface area (Å²) in [5.41, 5.74) is 0. The number of carbonyl (C=O) groups excluding carboxylic acids is 1. The Morgan fingerprint density at radius 2 is 1.95 bits per heavy atom. The first-order chi connectivity index (χ1) is 9.08. The summed E-state index contributed by atoms with van der Waals surface area (Å²) < 4.78 is 0. The lowest BCUT2D eigenvalue weighted by Gasteiger charge is -2.13. The van der Waals surface area contributed by atoms with Gasteiger partial charge in [0.15, 0.2) is 0 Å². The first-order valence-electron chi connectivity index (χ1n) is 6.23. The fraction of sp³-hybridized carbons (Fsp3) is 0.636. The van der Waals surface area contributed by atoms with Gasteiger partial charge in [-0.1, -0.05) is 0 Å². The summed E-state index contributed by atoms with van der Waals surface area (Å²) in [6, 6.07) is 0.359. The number of nitrogens with one attached hydrogen (secondary N) is 3. The van der Waals surface area contributed by atoms with E-state index in [1.54, 1.807) is 11.9 Å². The third-order valence-corrected chi connectivity index (χ3v) is 2.60. The molecule has 1 amide bonds. The lowest BCUT2D eigenvalue weighted by molar-refractivity contribution is -0.119. The Kier molecular flexibility index (Phi) is 3.98. The molecular weight excluding hydrogens is 246 g/mol. The van der Waals surface area contributed by atoms with Gasteiger partial charge in [-0.05, 0) is 12.8 Å². The molecule has 0 unspecified atom stereocenters. The highest BCUT2D eigenvalue weighted by Crippen LogP contribution is 2.18. The summed E-state index contributed by atoms with van der Waals surface area (Å²) in [7, 11) is 5.43. The molecule has 8 nitrogen and oxygen atoms in total. The quantitative estimate of drug-likeness (QED) is 0.648. The van der Waals surface area contributed by atoms with Gasteiger partial charge in [0.2, 0.25) is 23.8 Å². The molecule has 3 N–H and O–H groups in total. The summed E-state index contributed by atoms with van der Waals surface area (Å²) >= 11 is 0. The summed E-state index contributed by atoms with van der Waals surface area (Å²) in [6.07, 6.45) is 2.15. The SMILES string of the molecule is CNc1nc(NCC(=O)NC2CC2)nc(N(C)C)n1. The first-order valence-corrected chi connectivity index (χ1v) is 6.23. The Hall–Kier alpha value is -2.12. The van der Waals surface area contributed by atoms with Gasteiger partial charge in [-0.3, -0.25) is 4.79 Å². The van der Waals surface area contributed by atoms with Crippen LogP contribution in [-0.2, 0) is 4.79 Å². The van der Waals surface area contributed by atoms with Crippen molar-refractivity contribution in [2.24, 2.45) is 0 Å². The highest BCUT2D eigenvalue weighted by molar-refractivity contribution is 5.80. The molecule has 1 saturated carbocycles. The van der Waals surface area contributed by atoms with Gasteiger partial charge in [-0.25, -0.2) is 0 Å². The molecule has 104 valence electrons. The van der Waals surface area contributed by atoms with E-state index in [1.165, 1.54) is 0 Å². The molecular formula is C11H19N7O. The van der Waals surface area contributed by atoms with Crippen LogP contribution in [0.3, 0.4) is 0 Å². The molecule has 1 aromatic rings. The molecule has 0 aromatic carbocycles. The maximum atomic E-state index is 11.6. The minimum atomic E-state index is -0.0414. The predicted molar refractivity (Wildman–Crippen MR) is 73.4 cm³/mol. The van der Waals surface area contributed by atoms with Gasteiger partial charge in [-0.2, -0.15) is 15.0 Å². The van der Waals surface area contributed by atoms with E-state index < -0.39 is 0 Å². The minimum Gasteiger partial charge on any atom is -0.357 e. The topological polar surface area (TPSA) is 95.1 Å². The average Bonchev–Trinajstić information content (AvgIpc) is 3.19. The summed E-state index contributed by atoms with van der Waals surface area (Å²) in [6.45, 7) is 0.163. The number of hydrogen-bond acceptors (Lipinski definition) is 7. The van der Waals surface area contributed by atoms with E-state index in [-0.39, 0.29) is 12.5 Å². The zero-order valence-corrected chi connectivity index (χ0v) is 11.4. The van der Waals surface area contributed by atoms with Crippen LogP contribution in [0.1, 0.15) is 12.8 Å². The maximum Gasteiger partial charge on any atom is 0.239 e. The molecule has 8 heteroatoms. The summed E-state index contributed by atoms with van der Waals surface area (Å²) in [5.74, 6) is 1.34. The molecule has 0 spiro atoms. The van der Waals surface area contributed by atoms with Crippen molar-refractivity contribution < 1.29 is 4.79 Å². The molecule has 0 aliphatic heterocycles. The van der Waals surface area contributed by atoms with E-state index in [1.807, 2.05) is 14.1 Å². The van der Waals surface area contributed by atoms with Crippen LogP contribution in [0, 0.1) is 0 Å². The van der Waals surface area contributed by atoms with Crippen LogP contribution in [0.2, 0.25) is 0 Å². The van der Waals surface area contributed by atoms with Crippen LogP contribution < -0.4 is 20.9 Å². The van der Waals surface area contributed by atoms with Crippen LogP contribution in [0.25, 0.3) is 0 Å². The van der Waals surface area contributed by atoms with E-state index in [2.05, 4.69) is 30.9 Å². The van der Waals surface area contributed by atoms with Gasteiger partial charge in [0.25, 0.3) is 0 Å². The van der Waals surface area contributed by atoms with E-state index in [4.69, 9.17) is 0 Å². The Morgan fingerprint density at radius 1 is 1.26 bits per heavy atom. The van der Waals surface area contributed by atoms with Crippen LogP contribution in [0.5, 0.6) is 0 Å². The molecule has 2 rings (SSSR count). The lowest BCUT2D eigenvalue weighted by Crippen LogP contribution is -2.32. The van der Waals surface area contributed by atoms with Gasteiger partial charge in [0, 0.05) is 27.2 Å². The fourth-order valence-electron chi connectivity index (χ4n) is 1.42. The van der Waals surface area contributed by atoms with Crippen molar-refractivity contribution in [3.8, 4) is 0 Å². The average molecular weight is 265 g/mol. The van der Waals surface area contributed by atoms with Crippen molar-refractivity contribution >= 4 is 23.8 Å². The van der Waals surface area contributed by atoms with E-state index in [0.29, 0.717) is 23.9 Å². The third-order valence-electron chi connectivity index (χ3n) is 2.60. The molecule has 0 bridgehead atoms. The first kappa shape index (κ1) is 13.3. The number of nitrogens with zero attached hydrogens (tertiary/aromatic N) is 4. The van der Waals surface area contributed by atoms with E-state index >= 15 is 0 Å². The second-order valence-electron chi connectivity index (χ2n) is 4.62. The smallest absolute Gasteiger partial charge is 0.239 e. The number of aromatic nitrogens is 3. The second kappa shape index (κ2) is 5.68. The van der Waals surface area contributed by atoms with Gasteiger partial charge < -0.3 is 20.9 Å². The molecule has 1 aliphatic carbocycles. The van der Waals surface area contributed by atoms with Crippen LogP contribution in [0.15, 0.2) is 0 Å². The largest absolute Gasteiger partial charge is 0.357 e. The van der Waals surface area contributed by atoms with Gasteiger partial charge in [0.05, 0.1) is 6.54 Å². The molecule has 1 aliphatic rings. The molecule has 0 radical (unpaired) electrons. The number of carbonyl (C=O) groups is 1. The maximum absolute atomic E-state index is 11.6. The normalized spacial score (nSPS) is 13.8. The molecule has 1 heterocycles. The Morgan fingerprint density at radius 3 is 2.53 bits per heavy atom. The highest BCUT2D eigenvalue weighted by atomic mass is 16.2. The van der Waals surface area contributed by atoms with Crippen molar-refractivity contribution in [2.75, 3.05) is 43.2 Å². The fourth-order valence-corrected chi connectivity index (χ4v) is 1.42. The zero-order valence-electron chi connectivity index (χ0n) is 11.4. The number of anilines is 3. The molecule has 0 atom stereocenters. The number of hydrogen-bond donors (Lipinski definition) is 3. The molecule has 1 fully saturated rings. The standard InChI is InChI=1S/C11H19N7O/c1-12-9-15-10(17-11(16-9)18(2)3)13-6-8(19)14-7-4-5-7/h7H,4-6H2,1-3H3,(H,14,19)(H2,12,13,15,16,17). The minimum absolute atomic E-state index is 0.0414. The Balaban J connectivity index is 1.97. The monoisotopic (exact) mass is 265 g/mol. The molecule has 0 saturated heterocycles. The second-order valence-corrected chi connectivity index (χ2v) is 4.62. The predicted octanol–water partition coefficient (Wildman–Crippen LogP) is -0.330. The van der Waals surface area contributed by atoms with Gasteiger partial charge in [-0.15, -0.1) is 0 Å². The third kappa shape index (κ3) is 3.94. The Bertz CT molecular complexity index is 458. The van der Waals surface area contributed by atoms with Crippen molar-refractivity contribution in [2.45, 2.75) is 18.9 Å². The lowest BCUT2D eigenvalue weighted by atomic mass is 10.5. The molecule has 19 heavy (non-hydrogen) atoms. The van der Waals surface area contributed by atoms with Gasteiger partial charge in [0.1, 0.15) is 0 Å².